The fourth-order valence-corrected chi connectivity index (χ4v) is 4.05. The van der Waals surface area contributed by atoms with Crippen LogP contribution in [0.4, 0.5) is 10.2 Å². The first-order valence-corrected chi connectivity index (χ1v) is 10.2. The first kappa shape index (κ1) is 19.9. The van der Waals surface area contributed by atoms with Crippen LogP contribution in [-0.2, 0) is 0 Å². The van der Waals surface area contributed by atoms with E-state index < -0.39 is 0 Å². The molecule has 6 nitrogen and oxygen atoms in total. The summed E-state index contributed by atoms with van der Waals surface area (Å²) in [5, 5.41) is 6.93. The van der Waals surface area contributed by atoms with Crippen molar-refractivity contribution in [3.05, 3.63) is 24.1 Å². The Morgan fingerprint density at radius 2 is 2.11 bits per heavy atom. The number of anilines is 1. The predicted octanol–water partition coefficient (Wildman–Crippen LogP) is 2.09. The molecular weight excluding hydrogens is 343 g/mol. The molecule has 1 aromatic rings. The number of aromatic nitrogens is 1. The largest absolute Gasteiger partial charge is 0.356 e. The topological polar surface area (TPSA) is 55.8 Å². The molecule has 0 bridgehead atoms. The third-order valence-electron chi connectivity index (χ3n) is 5.79. The van der Waals surface area contributed by atoms with E-state index in [0.29, 0.717) is 5.82 Å². The van der Waals surface area contributed by atoms with Crippen LogP contribution in [-0.4, -0.2) is 68.2 Å². The minimum absolute atomic E-state index is 0.255. The fraction of sp³-hybridized carbons (Fsp3) is 0.700. The SMILES string of the molecule is CCN1CCC(CCNC(=NC)NC2CCN(c3ncccc3F)C2)CC1. The van der Waals surface area contributed by atoms with Crippen molar-refractivity contribution in [2.45, 2.75) is 38.6 Å². The number of nitrogens with zero attached hydrogens (tertiary/aromatic N) is 4. The van der Waals surface area contributed by atoms with Gasteiger partial charge in [0.15, 0.2) is 17.6 Å². The molecule has 0 amide bonds. The van der Waals surface area contributed by atoms with E-state index in [9.17, 15) is 4.39 Å². The lowest BCUT2D eigenvalue weighted by molar-refractivity contribution is 0.187. The summed E-state index contributed by atoms with van der Waals surface area (Å²) in [7, 11) is 1.81. The summed E-state index contributed by atoms with van der Waals surface area (Å²) in [6, 6.07) is 3.35. The minimum Gasteiger partial charge on any atom is -0.356 e. The smallest absolute Gasteiger partial charge is 0.191 e. The maximum Gasteiger partial charge on any atom is 0.191 e. The molecule has 3 rings (SSSR count). The van der Waals surface area contributed by atoms with Crippen LogP contribution < -0.4 is 15.5 Å². The highest BCUT2D eigenvalue weighted by atomic mass is 19.1. The molecule has 0 spiro atoms. The summed E-state index contributed by atoms with van der Waals surface area (Å²) in [6.07, 6.45) is 6.38. The highest BCUT2D eigenvalue weighted by Gasteiger charge is 2.26. The average Bonchev–Trinajstić information content (AvgIpc) is 3.16. The van der Waals surface area contributed by atoms with Crippen LogP contribution >= 0.6 is 0 Å². The van der Waals surface area contributed by atoms with E-state index >= 15 is 0 Å². The van der Waals surface area contributed by atoms with E-state index in [1.807, 2.05) is 4.90 Å². The summed E-state index contributed by atoms with van der Waals surface area (Å²) >= 11 is 0. The van der Waals surface area contributed by atoms with Gasteiger partial charge < -0.3 is 20.4 Å². The van der Waals surface area contributed by atoms with E-state index in [1.165, 1.54) is 45.0 Å². The number of likely N-dealkylation sites (tertiary alicyclic amines) is 1. The molecule has 150 valence electrons. The summed E-state index contributed by atoms with van der Waals surface area (Å²) in [4.78, 5) is 13.1. The zero-order valence-corrected chi connectivity index (χ0v) is 16.6. The molecule has 2 aliphatic heterocycles. The Bertz CT molecular complexity index is 614. The number of piperidine rings is 1. The molecule has 0 aliphatic carbocycles. The summed E-state index contributed by atoms with van der Waals surface area (Å²) in [6.45, 7) is 8.36. The monoisotopic (exact) mass is 376 g/mol. The van der Waals surface area contributed by atoms with Gasteiger partial charge in [0.2, 0.25) is 0 Å². The molecule has 1 aromatic heterocycles. The van der Waals surface area contributed by atoms with E-state index in [2.05, 4.69) is 32.4 Å². The molecule has 0 radical (unpaired) electrons. The number of pyridine rings is 1. The van der Waals surface area contributed by atoms with Gasteiger partial charge in [-0.2, -0.15) is 0 Å². The van der Waals surface area contributed by atoms with Gasteiger partial charge >= 0.3 is 0 Å². The van der Waals surface area contributed by atoms with Crippen molar-refractivity contribution in [2.75, 3.05) is 51.2 Å². The highest BCUT2D eigenvalue weighted by molar-refractivity contribution is 5.80. The lowest BCUT2D eigenvalue weighted by Gasteiger charge is -2.31. The first-order chi connectivity index (χ1) is 13.2. The van der Waals surface area contributed by atoms with Gasteiger partial charge in [0, 0.05) is 38.9 Å². The summed E-state index contributed by atoms with van der Waals surface area (Å²) in [5.41, 5.74) is 0. The van der Waals surface area contributed by atoms with Crippen molar-refractivity contribution >= 4 is 11.8 Å². The van der Waals surface area contributed by atoms with Crippen LogP contribution in [0.3, 0.4) is 0 Å². The third kappa shape index (κ3) is 5.54. The molecule has 2 N–H and O–H groups in total. The maximum atomic E-state index is 13.9. The lowest BCUT2D eigenvalue weighted by Crippen LogP contribution is -2.45. The average molecular weight is 377 g/mol. The molecule has 7 heteroatoms. The number of nitrogens with one attached hydrogen (secondary N) is 2. The Hall–Kier alpha value is -1.89. The van der Waals surface area contributed by atoms with Crippen LogP contribution in [0.15, 0.2) is 23.3 Å². The number of hydrogen-bond donors (Lipinski definition) is 2. The van der Waals surface area contributed by atoms with Gasteiger partial charge in [-0.05, 0) is 63.4 Å². The van der Waals surface area contributed by atoms with Crippen molar-refractivity contribution in [3.63, 3.8) is 0 Å². The van der Waals surface area contributed by atoms with Crippen molar-refractivity contribution in [3.8, 4) is 0 Å². The first-order valence-electron chi connectivity index (χ1n) is 10.2. The minimum atomic E-state index is -0.255. The van der Waals surface area contributed by atoms with Gasteiger partial charge in [-0.15, -0.1) is 0 Å². The Kier molecular flexibility index (Phi) is 7.26. The molecule has 27 heavy (non-hydrogen) atoms. The molecule has 1 unspecified atom stereocenters. The second kappa shape index (κ2) is 9.88. The molecule has 2 fully saturated rings. The van der Waals surface area contributed by atoms with Crippen LogP contribution in [0.5, 0.6) is 0 Å². The number of guanidine groups is 1. The Morgan fingerprint density at radius 1 is 1.30 bits per heavy atom. The van der Waals surface area contributed by atoms with Crippen molar-refractivity contribution in [1.82, 2.24) is 20.5 Å². The van der Waals surface area contributed by atoms with Crippen molar-refractivity contribution < 1.29 is 4.39 Å². The molecule has 0 saturated carbocycles. The Morgan fingerprint density at radius 3 is 2.81 bits per heavy atom. The Balaban J connectivity index is 1.39. The third-order valence-corrected chi connectivity index (χ3v) is 5.79. The van der Waals surface area contributed by atoms with Crippen LogP contribution in [0, 0.1) is 11.7 Å². The van der Waals surface area contributed by atoms with Gasteiger partial charge in [-0.25, -0.2) is 9.37 Å². The standard InChI is InChI=1S/C20H33FN6/c1-3-26-12-7-16(8-13-26)6-11-24-20(22-2)25-17-9-14-27(15-17)19-18(21)5-4-10-23-19/h4-5,10,16-17H,3,6-9,11-15H2,1-2H3,(H2,22,24,25). The molecule has 0 aromatic carbocycles. The van der Waals surface area contributed by atoms with Gasteiger partial charge in [0.05, 0.1) is 0 Å². The highest BCUT2D eigenvalue weighted by Crippen LogP contribution is 2.21. The zero-order chi connectivity index (χ0) is 19.1. The second-order valence-corrected chi connectivity index (χ2v) is 7.55. The van der Waals surface area contributed by atoms with E-state index in [0.717, 1.165) is 37.9 Å². The van der Waals surface area contributed by atoms with Crippen LogP contribution in [0.25, 0.3) is 0 Å². The van der Waals surface area contributed by atoms with Gasteiger partial charge in [-0.1, -0.05) is 6.92 Å². The molecule has 2 aliphatic rings. The number of aliphatic imine (C=N–C) groups is 1. The summed E-state index contributed by atoms with van der Waals surface area (Å²) in [5.74, 6) is 1.85. The van der Waals surface area contributed by atoms with Gasteiger partial charge in [0.25, 0.3) is 0 Å². The fourth-order valence-electron chi connectivity index (χ4n) is 4.05. The quantitative estimate of drug-likeness (QED) is 0.588. The normalized spacial score (nSPS) is 22.3. The molecule has 3 heterocycles. The predicted molar refractivity (Wildman–Crippen MR) is 109 cm³/mol. The number of hydrogen-bond acceptors (Lipinski definition) is 4. The Labute approximate surface area is 162 Å². The summed E-state index contributed by atoms with van der Waals surface area (Å²) < 4.78 is 13.9. The number of rotatable bonds is 6. The van der Waals surface area contributed by atoms with Crippen LogP contribution in [0.2, 0.25) is 0 Å². The lowest BCUT2D eigenvalue weighted by atomic mass is 9.93. The second-order valence-electron chi connectivity index (χ2n) is 7.55. The van der Waals surface area contributed by atoms with Crippen molar-refractivity contribution in [1.29, 1.82) is 0 Å². The zero-order valence-electron chi connectivity index (χ0n) is 16.6. The van der Waals surface area contributed by atoms with Gasteiger partial charge in [-0.3, -0.25) is 4.99 Å². The molecular formula is C20H33FN6. The molecule has 2 saturated heterocycles. The van der Waals surface area contributed by atoms with Crippen molar-refractivity contribution in [2.24, 2.45) is 10.9 Å². The molecule has 1 atom stereocenters. The van der Waals surface area contributed by atoms with E-state index in [4.69, 9.17) is 0 Å². The van der Waals surface area contributed by atoms with E-state index in [1.54, 1.807) is 19.3 Å². The van der Waals surface area contributed by atoms with E-state index in [-0.39, 0.29) is 11.9 Å². The van der Waals surface area contributed by atoms with Gasteiger partial charge in [0.1, 0.15) is 0 Å². The van der Waals surface area contributed by atoms with Crippen LogP contribution in [0.1, 0.15) is 32.6 Å². The number of halogens is 1. The maximum absolute atomic E-state index is 13.9.